The van der Waals surface area contributed by atoms with Crippen molar-refractivity contribution in [3.05, 3.63) is 18.2 Å². The molecule has 0 spiro atoms. The molecule has 0 aliphatic rings. The predicted octanol–water partition coefficient (Wildman–Crippen LogP) is 1.47. The molecule has 0 unspecified atom stereocenters. The van der Waals surface area contributed by atoms with Crippen molar-refractivity contribution >= 4 is 19.4 Å². The van der Waals surface area contributed by atoms with Crippen LogP contribution in [0.5, 0.6) is 11.5 Å². The average Bonchev–Trinajstić information content (AvgIpc) is 2.15. The van der Waals surface area contributed by atoms with Gasteiger partial charge in [0.05, 0.1) is 0 Å². The van der Waals surface area contributed by atoms with Crippen molar-refractivity contribution in [3.63, 3.8) is 0 Å². The fraction of sp³-hybridized carbons (Fsp3) is 0.400. The molecule has 0 saturated heterocycles. The van der Waals surface area contributed by atoms with Gasteiger partial charge in [0.25, 0.3) is 0 Å². The first-order valence-corrected chi connectivity index (χ1v) is 5.58. The Morgan fingerprint density at radius 3 is 2.69 bits per heavy atom. The molecule has 0 aliphatic carbocycles. The molecule has 0 bridgehead atoms. The number of methoxy groups -OCH3 is 2. The molecule has 2 nitrogen and oxygen atoms in total. The van der Waals surface area contributed by atoms with Crippen LogP contribution in [0.25, 0.3) is 0 Å². The molecule has 1 aromatic carbocycles. The van der Waals surface area contributed by atoms with Crippen LogP contribution in [0.2, 0.25) is 5.27 Å². The van der Waals surface area contributed by atoms with Gasteiger partial charge in [-0.15, -0.1) is 0 Å². The molecule has 3 heteroatoms. The fourth-order valence-electron chi connectivity index (χ4n) is 0.998. The molecule has 0 amide bonds. The summed E-state index contributed by atoms with van der Waals surface area (Å²) in [5.41, 5.74) is 0. The van der Waals surface area contributed by atoms with Crippen LogP contribution < -0.4 is 13.9 Å². The summed E-state index contributed by atoms with van der Waals surface area (Å²) in [6, 6.07) is 5.52. The van der Waals surface area contributed by atoms with Crippen LogP contribution in [0.1, 0.15) is 9.67 Å². The molecule has 1 atom stereocenters. The van der Waals surface area contributed by atoms with Crippen molar-refractivity contribution in [2.24, 2.45) is 0 Å². The molecular weight excluding hydrogens is 231 g/mol. The van der Waals surface area contributed by atoms with Crippen molar-refractivity contribution in [1.82, 2.24) is 0 Å². The summed E-state index contributed by atoms with van der Waals surface area (Å²) in [7, 11) is 3.16. The Bertz CT molecular complexity index is 337. The normalized spacial score (nSPS) is 16.8. The number of benzene rings is 1. The van der Waals surface area contributed by atoms with E-state index in [4.69, 9.17) is 12.2 Å². The minimum atomic E-state index is -1.15. The van der Waals surface area contributed by atoms with Gasteiger partial charge < -0.3 is 0 Å². The molecule has 72 valence electrons. The van der Waals surface area contributed by atoms with Crippen molar-refractivity contribution in [2.75, 3.05) is 14.2 Å². The summed E-state index contributed by atoms with van der Waals surface area (Å²) < 4.78 is 26.3. The van der Waals surface area contributed by atoms with Gasteiger partial charge in [0, 0.05) is 0 Å². The van der Waals surface area contributed by atoms with Crippen LogP contribution in [0.15, 0.2) is 18.2 Å². The topological polar surface area (TPSA) is 18.5 Å². The van der Waals surface area contributed by atoms with Crippen LogP contribution >= 0.6 is 0 Å². The van der Waals surface area contributed by atoms with E-state index in [2.05, 4.69) is 0 Å². The van der Waals surface area contributed by atoms with Gasteiger partial charge in [0.1, 0.15) is 0 Å². The van der Waals surface area contributed by atoms with E-state index in [1.54, 1.807) is 21.1 Å². The van der Waals surface area contributed by atoms with Crippen molar-refractivity contribution in [1.29, 1.82) is 0 Å². The number of ether oxygens (including phenoxy) is 2. The maximum atomic E-state index is 7.52. The van der Waals surface area contributed by atoms with Gasteiger partial charge in [0.15, 0.2) is 0 Å². The molecule has 0 aromatic heterocycles. The Balaban J connectivity index is 2.93. The average molecular weight is 246 g/mol. The Labute approximate surface area is 88.2 Å². The molecule has 0 fully saturated rings. The zero-order chi connectivity index (χ0) is 11.5. The molecule has 0 N–H and O–H groups in total. The molecule has 0 saturated carbocycles. The Morgan fingerprint density at radius 1 is 1.46 bits per heavy atom. The maximum absolute atomic E-state index is 7.52. The van der Waals surface area contributed by atoms with Gasteiger partial charge in [-0.25, -0.2) is 0 Å². The van der Waals surface area contributed by atoms with Crippen LogP contribution in [0.3, 0.4) is 0 Å². The standard InChI is InChI=1S/C10H14O2Se/c1-4-13-8-5-6-9(11-2)10(7-8)12-3/h5-7H,4H2,1-3H3/i4DH/t4-/m0/s1. The van der Waals surface area contributed by atoms with Crippen molar-refractivity contribution in [2.45, 2.75) is 12.2 Å². The first-order chi connectivity index (χ1) is 6.96. The van der Waals surface area contributed by atoms with Gasteiger partial charge in [-0.05, 0) is 0 Å². The third-order valence-electron chi connectivity index (χ3n) is 1.57. The van der Waals surface area contributed by atoms with E-state index in [1.807, 2.05) is 18.2 Å². The molecule has 1 rings (SSSR count). The Hall–Kier alpha value is -0.661. The van der Waals surface area contributed by atoms with E-state index >= 15 is 0 Å². The molecule has 1 aromatic rings. The van der Waals surface area contributed by atoms with Crippen LogP contribution in [-0.2, 0) is 0 Å². The Morgan fingerprint density at radius 2 is 2.15 bits per heavy atom. The molecule has 0 heterocycles. The number of rotatable bonds is 4. The van der Waals surface area contributed by atoms with Crippen LogP contribution in [-0.4, -0.2) is 29.2 Å². The quantitative estimate of drug-likeness (QED) is 0.749. The molecular formula is C10H14O2Se. The summed E-state index contributed by atoms with van der Waals surface area (Å²) in [5, 5.41) is -1.15. The van der Waals surface area contributed by atoms with E-state index in [0.717, 1.165) is 4.46 Å². The first-order valence-electron chi connectivity index (χ1n) is 4.87. The SMILES string of the molecule is [1H][C@]([2H])(C)[Se]c1ccc(OC)c(OC)c1. The molecule has 0 aliphatic heterocycles. The number of hydrogen-bond acceptors (Lipinski definition) is 2. The third-order valence-corrected chi connectivity index (χ3v) is 3.03. The molecule has 0 radical (unpaired) electrons. The van der Waals surface area contributed by atoms with E-state index in [0.29, 0.717) is 11.5 Å². The first kappa shape index (κ1) is 7.72. The fourth-order valence-corrected chi connectivity index (χ4v) is 2.13. The van der Waals surface area contributed by atoms with Gasteiger partial charge in [0.2, 0.25) is 0 Å². The predicted molar refractivity (Wildman–Crippen MR) is 55.4 cm³/mol. The monoisotopic (exact) mass is 247 g/mol. The van der Waals surface area contributed by atoms with E-state index in [9.17, 15) is 0 Å². The van der Waals surface area contributed by atoms with Gasteiger partial charge in [-0.1, -0.05) is 0 Å². The van der Waals surface area contributed by atoms with Crippen LogP contribution in [0.4, 0.5) is 0 Å². The van der Waals surface area contributed by atoms with Crippen molar-refractivity contribution < 1.29 is 12.2 Å². The van der Waals surface area contributed by atoms with Gasteiger partial charge >= 0.3 is 87.7 Å². The van der Waals surface area contributed by atoms with Crippen molar-refractivity contribution in [3.8, 4) is 11.5 Å². The second kappa shape index (κ2) is 5.15. The summed E-state index contributed by atoms with van der Waals surface area (Å²) in [4.78, 5) is 0. The van der Waals surface area contributed by atoms with Gasteiger partial charge in [-0.2, -0.15) is 0 Å². The Kier molecular flexibility index (Phi) is 3.06. The summed E-state index contributed by atoms with van der Waals surface area (Å²) in [5.74, 6) is 1.33. The third kappa shape index (κ3) is 2.64. The second-order valence-electron chi connectivity index (χ2n) is 2.32. The van der Waals surface area contributed by atoms with E-state index in [1.165, 1.54) is 0 Å². The van der Waals surface area contributed by atoms with E-state index < -0.39 is 5.27 Å². The minimum absolute atomic E-state index is 0.216. The van der Waals surface area contributed by atoms with Gasteiger partial charge in [-0.3, -0.25) is 0 Å². The summed E-state index contributed by atoms with van der Waals surface area (Å²) in [6.45, 7) is 1.59. The zero-order valence-corrected chi connectivity index (χ0v) is 9.67. The van der Waals surface area contributed by atoms with E-state index in [-0.39, 0.29) is 15.0 Å². The molecule has 13 heavy (non-hydrogen) atoms. The zero-order valence-electron chi connectivity index (χ0n) is 9.96. The van der Waals surface area contributed by atoms with Crippen LogP contribution in [0, 0.1) is 0 Å². The second-order valence-corrected chi connectivity index (χ2v) is 4.60. The summed E-state index contributed by atoms with van der Waals surface area (Å²) >= 11 is -0.216. The number of hydrogen-bond donors (Lipinski definition) is 0. The summed E-state index contributed by atoms with van der Waals surface area (Å²) in [6.07, 6.45) is 0.